The van der Waals surface area contributed by atoms with Crippen LogP contribution in [0.2, 0.25) is 0 Å². The van der Waals surface area contributed by atoms with E-state index in [2.05, 4.69) is 4.74 Å². The largest absolute Gasteiger partial charge is 0.411 e. The van der Waals surface area contributed by atoms with Gasteiger partial charge in [0.1, 0.15) is 6.61 Å². The van der Waals surface area contributed by atoms with Crippen molar-refractivity contribution in [1.82, 2.24) is 4.90 Å². The van der Waals surface area contributed by atoms with Crippen LogP contribution in [-0.4, -0.2) is 55.1 Å². The average molecular weight is 243 g/mol. The standard InChI is InChI=1S/C10H20F3NO2/c1-9(2,15)7-14(3)5-4-6-16-8-10(11,12)13/h15H,4-8H2,1-3H3. The molecule has 0 rings (SSSR count). The normalized spacial score (nSPS) is 13.5. The summed E-state index contributed by atoms with van der Waals surface area (Å²) < 4.78 is 39.6. The summed E-state index contributed by atoms with van der Waals surface area (Å²) in [6, 6.07) is 0. The molecule has 0 aliphatic carbocycles. The number of halogens is 3. The molecular weight excluding hydrogens is 223 g/mol. The number of rotatable bonds is 7. The third kappa shape index (κ3) is 11.7. The molecule has 0 unspecified atom stereocenters. The fraction of sp³-hybridized carbons (Fsp3) is 1.00. The summed E-state index contributed by atoms with van der Waals surface area (Å²) in [7, 11) is 1.81. The van der Waals surface area contributed by atoms with Gasteiger partial charge in [0.25, 0.3) is 0 Å². The highest BCUT2D eigenvalue weighted by Crippen LogP contribution is 2.14. The van der Waals surface area contributed by atoms with Crippen LogP contribution in [0, 0.1) is 0 Å². The van der Waals surface area contributed by atoms with Gasteiger partial charge >= 0.3 is 6.18 Å². The summed E-state index contributed by atoms with van der Waals surface area (Å²) in [6.45, 7) is 3.33. The van der Waals surface area contributed by atoms with E-state index in [1.807, 2.05) is 11.9 Å². The second-order valence-corrected chi connectivity index (χ2v) is 4.57. The van der Waals surface area contributed by atoms with Crippen LogP contribution in [0.1, 0.15) is 20.3 Å². The van der Waals surface area contributed by atoms with Crippen LogP contribution < -0.4 is 0 Å². The lowest BCUT2D eigenvalue weighted by Crippen LogP contribution is -2.37. The number of alkyl halides is 3. The Morgan fingerprint density at radius 2 is 1.81 bits per heavy atom. The molecule has 0 aliphatic rings. The molecule has 0 amide bonds. The highest BCUT2D eigenvalue weighted by atomic mass is 19.4. The minimum absolute atomic E-state index is 0.0791. The van der Waals surface area contributed by atoms with Gasteiger partial charge in [-0.1, -0.05) is 0 Å². The number of aliphatic hydroxyl groups is 1. The van der Waals surface area contributed by atoms with E-state index in [0.717, 1.165) is 0 Å². The van der Waals surface area contributed by atoms with Crippen LogP contribution in [0.15, 0.2) is 0 Å². The fourth-order valence-corrected chi connectivity index (χ4v) is 1.36. The van der Waals surface area contributed by atoms with Crippen LogP contribution in [0.25, 0.3) is 0 Å². The van der Waals surface area contributed by atoms with Crippen molar-refractivity contribution in [1.29, 1.82) is 0 Å². The van der Waals surface area contributed by atoms with Gasteiger partial charge in [0.15, 0.2) is 0 Å². The van der Waals surface area contributed by atoms with E-state index in [4.69, 9.17) is 0 Å². The molecule has 0 fully saturated rings. The zero-order valence-electron chi connectivity index (χ0n) is 9.97. The Bertz CT molecular complexity index is 189. The van der Waals surface area contributed by atoms with E-state index in [1.54, 1.807) is 13.8 Å². The van der Waals surface area contributed by atoms with Gasteiger partial charge in [0.05, 0.1) is 5.60 Å². The van der Waals surface area contributed by atoms with Crippen LogP contribution in [0.4, 0.5) is 13.2 Å². The summed E-state index contributed by atoms with van der Waals surface area (Å²) in [5.74, 6) is 0. The second kappa shape index (κ2) is 6.42. The van der Waals surface area contributed by atoms with E-state index >= 15 is 0 Å². The molecule has 16 heavy (non-hydrogen) atoms. The molecule has 98 valence electrons. The van der Waals surface area contributed by atoms with Gasteiger partial charge in [-0.2, -0.15) is 13.2 Å². The summed E-state index contributed by atoms with van der Waals surface area (Å²) in [6.07, 6.45) is -3.73. The van der Waals surface area contributed by atoms with Gasteiger partial charge in [-0.05, 0) is 27.3 Å². The lowest BCUT2D eigenvalue weighted by Gasteiger charge is -2.25. The van der Waals surface area contributed by atoms with Gasteiger partial charge in [-0.3, -0.25) is 0 Å². The topological polar surface area (TPSA) is 32.7 Å². The predicted molar refractivity (Wildman–Crippen MR) is 55.3 cm³/mol. The maximum atomic E-state index is 11.7. The summed E-state index contributed by atoms with van der Waals surface area (Å²) >= 11 is 0. The molecule has 0 atom stereocenters. The highest BCUT2D eigenvalue weighted by molar-refractivity contribution is 4.69. The molecule has 0 radical (unpaired) electrons. The number of nitrogens with zero attached hydrogens (tertiary/aromatic N) is 1. The average Bonchev–Trinajstić information content (AvgIpc) is 1.97. The number of likely N-dealkylation sites (N-methyl/N-ethyl adjacent to an activating group) is 1. The Balaban J connectivity index is 3.45. The van der Waals surface area contributed by atoms with E-state index in [9.17, 15) is 18.3 Å². The van der Waals surface area contributed by atoms with Gasteiger partial charge in [-0.15, -0.1) is 0 Å². The molecule has 0 saturated carbocycles. The molecule has 0 saturated heterocycles. The minimum atomic E-state index is -4.25. The maximum Gasteiger partial charge on any atom is 0.411 e. The molecule has 6 heteroatoms. The van der Waals surface area contributed by atoms with Gasteiger partial charge in [0, 0.05) is 19.7 Å². The maximum absolute atomic E-state index is 11.7. The Labute approximate surface area is 94.2 Å². The van der Waals surface area contributed by atoms with Crippen molar-refractivity contribution in [3.05, 3.63) is 0 Å². The lowest BCUT2D eigenvalue weighted by atomic mass is 10.1. The minimum Gasteiger partial charge on any atom is -0.389 e. The molecule has 0 aromatic rings. The summed E-state index contributed by atoms with van der Waals surface area (Å²) in [5, 5.41) is 9.48. The van der Waals surface area contributed by atoms with Crippen molar-refractivity contribution >= 4 is 0 Å². The smallest absolute Gasteiger partial charge is 0.389 e. The van der Waals surface area contributed by atoms with E-state index in [-0.39, 0.29) is 6.61 Å². The van der Waals surface area contributed by atoms with Gasteiger partial charge < -0.3 is 14.7 Å². The van der Waals surface area contributed by atoms with Crippen molar-refractivity contribution in [2.75, 3.05) is 33.4 Å². The van der Waals surface area contributed by atoms with Gasteiger partial charge in [0.2, 0.25) is 0 Å². The second-order valence-electron chi connectivity index (χ2n) is 4.57. The molecule has 1 N–H and O–H groups in total. The Morgan fingerprint density at radius 3 is 2.25 bits per heavy atom. The Kier molecular flexibility index (Phi) is 6.28. The number of ether oxygens (including phenoxy) is 1. The Morgan fingerprint density at radius 1 is 1.25 bits per heavy atom. The van der Waals surface area contributed by atoms with Crippen LogP contribution >= 0.6 is 0 Å². The number of hydrogen-bond donors (Lipinski definition) is 1. The Hall–Kier alpha value is -0.330. The predicted octanol–water partition coefficient (Wildman–Crippen LogP) is 1.66. The molecule has 0 aromatic heterocycles. The van der Waals surface area contributed by atoms with E-state index < -0.39 is 18.4 Å². The quantitative estimate of drug-likeness (QED) is 0.690. The SMILES string of the molecule is CN(CCCOCC(F)(F)F)CC(C)(C)O. The third-order valence-corrected chi connectivity index (χ3v) is 1.75. The lowest BCUT2D eigenvalue weighted by molar-refractivity contribution is -0.174. The first-order chi connectivity index (χ1) is 7.10. The molecule has 0 bridgehead atoms. The van der Waals surface area contributed by atoms with Crippen molar-refractivity contribution in [2.24, 2.45) is 0 Å². The number of hydrogen-bond acceptors (Lipinski definition) is 3. The summed E-state index contributed by atoms with van der Waals surface area (Å²) in [4.78, 5) is 1.86. The van der Waals surface area contributed by atoms with E-state index in [1.165, 1.54) is 0 Å². The first kappa shape index (κ1) is 15.7. The fourth-order valence-electron chi connectivity index (χ4n) is 1.36. The van der Waals surface area contributed by atoms with Gasteiger partial charge in [-0.25, -0.2) is 0 Å². The monoisotopic (exact) mass is 243 g/mol. The summed E-state index contributed by atoms with van der Waals surface area (Å²) in [5.41, 5.74) is -0.790. The first-order valence-corrected chi connectivity index (χ1v) is 5.15. The van der Waals surface area contributed by atoms with Crippen molar-refractivity contribution < 1.29 is 23.0 Å². The third-order valence-electron chi connectivity index (χ3n) is 1.75. The zero-order chi connectivity index (χ0) is 12.8. The van der Waals surface area contributed by atoms with Crippen LogP contribution in [0.5, 0.6) is 0 Å². The first-order valence-electron chi connectivity index (χ1n) is 5.15. The van der Waals surface area contributed by atoms with E-state index in [0.29, 0.717) is 19.5 Å². The van der Waals surface area contributed by atoms with Crippen molar-refractivity contribution in [3.63, 3.8) is 0 Å². The molecule has 0 aromatic carbocycles. The molecular formula is C10H20F3NO2. The highest BCUT2D eigenvalue weighted by Gasteiger charge is 2.27. The molecule has 3 nitrogen and oxygen atoms in total. The zero-order valence-corrected chi connectivity index (χ0v) is 9.97. The van der Waals surface area contributed by atoms with Crippen LogP contribution in [-0.2, 0) is 4.74 Å². The van der Waals surface area contributed by atoms with Crippen molar-refractivity contribution in [2.45, 2.75) is 32.0 Å². The van der Waals surface area contributed by atoms with Crippen LogP contribution in [0.3, 0.4) is 0 Å². The molecule has 0 aliphatic heterocycles. The van der Waals surface area contributed by atoms with Crippen molar-refractivity contribution in [3.8, 4) is 0 Å². The molecule has 0 heterocycles. The molecule has 0 spiro atoms.